The van der Waals surface area contributed by atoms with Crippen LogP contribution in [0.15, 0.2) is 36.4 Å². The lowest BCUT2D eigenvalue weighted by Crippen LogP contribution is -2.48. The molecule has 1 saturated carbocycles. The van der Waals surface area contributed by atoms with Crippen LogP contribution in [0, 0.1) is 5.82 Å². The maximum Gasteiger partial charge on any atom is 0.211 e. The van der Waals surface area contributed by atoms with Crippen LogP contribution >= 0.6 is 23.2 Å². The summed E-state index contributed by atoms with van der Waals surface area (Å²) in [5.41, 5.74) is 1.45. The number of carbonyl (C=O) groups excluding carboxylic acids is 2. The molecule has 1 spiro atoms. The molecule has 1 aliphatic carbocycles. The van der Waals surface area contributed by atoms with E-state index in [4.69, 9.17) is 23.2 Å². The minimum absolute atomic E-state index is 0.0304. The van der Waals surface area contributed by atoms with Gasteiger partial charge in [0.1, 0.15) is 12.1 Å². The summed E-state index contributed by atoms with van der Waals surface area (Å²) in [5, 5.41) is 6.82. The number of carbonyl (C=O) groups is 2. The van der Waals surface area contributed by atoms with Crippen LogP contribution in [0.2, 0.25) is 10.0 Å². The Hall–Kier alpha value is -1.95. The lowest BCUT2D eigenvalue weighted by Gasteiger charge is -2.41. The smallest absolute Gasteiger partial charge is 0.211 e. The van der Waals surface area contributed by atoms with Gasteiger partial charge in [0.2, 0.25) is 6.41 Å². The first-order valence-electron chi connectivity index (χ1n) is 10.2. The van der Waals surface area contributed by atoms with E-state index in [-0.39, 0.29) is 16.5 Å². The van der Waals surface area contributed by atoms with Crippen LogP contribution < -0.4 is 10.6 Å². The second-order valence-electron chi connectivity index (χ2n) is 8.16. The third-order valence-corrected chi connectivity index (χ3v) is 7.12. The van der Waals surface area contributed by atoms with E-state index in [1.165, 1.54) is 6.07 Å². The van der Waals surface area contributed by atoms with Gasteiger partial charge in [0, 0.05) is 28.1 Å². The van der Waals surface area contributed by atoms with E-state index < -0.39 is 17.8 Å². The highest BCUT2D eigenvalue weighted by atomic mass is 35.5. The Morgan fingerprint density at radius 2 is 1.83 bits per heavy atom. The van der Waals surface area contributed by atoms with Crippen molar-refractivity contribution in [1.29, 1.82) is 0 Å². The van der Waals surface area contributed by atoms with Crippen LogP contribution in [-0.4, -0.2) is 24.3 Å². The molecule has 1 amide bonds. The minimum atomic E-state index is -0.569. The van der Waals surface area contributed by atoms with E-state index >= 15 is 4.39 Å². The summed E-state index contributed by atoms with van der Waals surface area (Å²) in [6.07, 6.45) is 6.36. The lowest BCUT2D eigenvalue weighted by atomic mass is 9.66. The molecule has 1 aliphatic heterocycles. The van der Waals surface area contributed by atoms with E-state index in [1.807, 2.05) is 6.07 Å². The summed E-state index contributed by atoms with van der Waals surface area (Å²) < 4.78 is 15.2. The molecule has 7 heteroatoms. The molecule has 2 fully saturated rings. The van der Waals surface area contributed by atoms with Crippen molar-refractivity contribution in [3.8, 4) is 0 Å². The summed E-state index contributed by atoms with van der Waals surface area (Å²) in [4.78, 5) is 23.4. The predicted octanol–water partition coefficient (Wildman–Crippen LogP) is 5.44. The summed E-state index contributed by atoms with van der Waals surface area (Å²) in [6, 6.07) is 9.68. The molecule has 1 saturated heterocycles. The van der Waals surface area contributed by atoms with Crippen molar-refractivity contribution < 1.29 is 14.0 Å². The van der Waals surface area contributed by atoms with Crippen molar-refractivity contribution in [2.24, 2.45) is 0 Å². The molecule has 0 bridgehead atoms. The second kappa shape index (κ2) is 8.66. The summed E-state index contributed by atoms with van der Waals surface area (Å²) >= 11 is 12.3. The van der Waals surface area contributed by atoms with Crippen molar-refractivity contribution >= 4 is 41.6 Å². The number of nitrogens with one attached hydrogen (secondary N) is 2. The number of amides is 1. The van der Waals surface area contributed by atoms with Crippen molar-refractivity contribution in [1.82, 2.24) is 5.32 Å². The molecule has 4 nitrogen and oxygen atoms in total. The zero-order chi connectivity index (χ0) is 21.3. The fraction of sp³-hybridized carbons (Fsp3) is 0.391. The molecule has 3 atom stereocenters. The molecule has 2 unspecified atom stereocenters. The van der Waals surface area contributed by atoms with Gasteiger partial charge < -0.3 is 15.4 Å². The fourth-order valence-electron chi connectivity index (χ4n) is 5.45. The third kappa shape index (κ3) is 3.64. The predicted molar refractivity (Wildman–Crippen MR) is 117 cm³/mol. The zero-order valence-electron chi connectivity index (χ0n) is 16.3. The molecule has 1 heterocycles. The van der Waals surface area contributed by atoms with Gasteiger partial charge in [-0.15, -0.1) is 0 Å². The van der Waals surface area contributed by atoms with Gasteiger partial charge in [0.25, 0.3) is 0 Å². The van der Waals surface area contributed by atoms with Crippen molar-refractivity contribution in [2.75, 3.05) is 5.32 Å². The normalized spacial score (nSPS) is 25.2. The Morgan fingerprint density at radius 1 is 1.07 bits per heavy atom. The molecule has 2 aromatic rings. The Balaban J connectivity index is 1.94. The van der Waals surface area contributed by atoms with E-state index in [1.54, 1.807) is 24.3 Å². The number of rotatable bonds is 5. The van der Waals surface area contributed by atoms with Gasteiger partial charge >= 0.3 is 0 Å². The molecule has 2 N–H and O–H groups in total. The van der Waals surface area contributed by atoms with Gasteiger partial charge in [-0.05, 0) is 42.2 Å². The molecule has 2 aromatic carbocycles. The van der Waals surface area contributed by atoms with Crippen LogP contribution in [0.1, 0.15) is 55.1 Å². The van der Waals surface area contributed by atoms with Gasteiger partial charge in [-0.3, -0.25) is 4.79 Å². The number of halogens is 3. The lowest BCUT2D eigenvalue weighted by molar-refractivity contribution is -0.109. The first-order valence-corrected chi connectivity index (χ1v) is 10.9. The Kier molecular flexibility index (Phi) is 6.14. The van der Waals surface area contributed by atoms with E-state index in [0.29, 0.717) is 22.7 Å². The number of anilines is 1. The molecular weight excluding hydrogens is 426 g/mol. The molecule has 2 aliphatic rings. The van der Waals surface area contributed by atoms with Gasteiger partial charge in [-0.1, -0.05) is 60.7 Å². The quantitative estimate of drug-likeness (QED) is 0.598. The Labute approximate surface area is 185 Å². The SMILES string of the molecule is O=CNc1cc(Cl)ccc1C1[C@@H](c2cccc(Cl)c2F)C(C=O)NC12CCCCC2. The van der Waals surface area contributed by atoms with Gasteiger partial charge in [0.05, 0.1) is 11.1 Å². The average molecular weight is 449 g/mol. The molecular formula is C23H23Cl2FN2O2. The van der Waals surface area contributed by atoms with Crippen LogP contribution in [0.5, 0.6) is 0 Å². The summed E-state index contributed by atoms with van der Waals surface area (Å²) in [5.74, 6) is -1.21. The molecule has 158 valence electrons. The number of hydrogen-bond acceptors (Lipinski definition) is 3. The van der Waals surface area contributed by atoms with Gasteiger partial charge in [0.15, 0.2) is 0 Å². The van der Waals surface area contributed by atoms with Gasteiger partial charge in [-0.25, -0.2) is 4.39 Å². The second-order valence-corrected chi connectivity index (χ2v) is 9.01. The van der Waals surface area contributed by atoms with E-state index in [2.05, 4.69) is 10.6 Å². The van der Waals surface area contributed by atoms with Crippen molar-refractivity contribution in [3.63, 3.8) is 0 Å². The first kappa shape index (κ1) is 21.3. The number of hydrogen-bond donors (Lipinski definition) is 2. The van der Waals surface area contributed by atoms with Crippen LogP contribution in [0.3, 0.4) is 0 Å². The molecule has 0 aromatic heterocycles. The topological polar surface area (TPSA) is 58.2 Å². The first-order chi connectivity index (χ1) is 14.5. The minimum Gasteiger partial charge on any atom is -0.328 e. The third-order valence-electron chi connectivity index (χ3n) is 6.59. The standard InChI is InChI=1S/C23H23Cl2FN2O2/c24-14-7-8-15(18(11-14)27-13-30)21-20(16-5-4-6-17(25)22(16)26)19(12-29)28-23(21)9-2-1-3-10-23/h4-8,11-13,19-21,28H,1-3,9-10H2,(H,27,30)/t19?,20-,21?/m0/s1. The van der Waals surface area contributed by atoms with Crippen LogP contribution in [0.4, 0.5) is 10.1 Å². The summed E-state index contributed by atoms with van der Waals surface area (Å²) in [6.45, 7) is 0. The van der Waals surface area contributed by atoms with Crippen molar-refractivity contribution in [2.45, 2.75) is 55.5 Å². The highest BCUT2D eigenvalue weighted by molar-refractivity contribution is 6.31. The van der Waals surface area contributed by atoms with E-state index in [0.717, 1.165) is 44.0 Å². The average Bonchev–Trinajstić information content (AvgIpc) is 3.04. The Morgan fingerprint density at radius 3 is 2.53 bits per heavy atom. The van der Waals surface area contributed by atoms with E-state index in [9.17, 15) is 9.59 Å². The highest BCUT2D eigenvalue weighted by Crippen LogP contribution is 2.55. The van der Waals surface area contributed by atoms with Gasteiger partial charge in [-0.2, -0.15) is 0 Å². The molecule has 4 rings (SSSR count). The summed E-state index contributed by atoms with van der Waals surface area (Å²) in [7, 11) is 0. The maximum atomic E-state index is 15.2. The Bertz CT molecular complexity index is 962. The monoisotopic (exact) mass is 448 g/mol. The molecule has 0 radical (unpaired) electrons. The van der Waals surface area contributed by atoms with Crippen molar-refractivity contribution in [3.05, 3.63) is 63.4 Å². The number of aldehydes is 1. The van der Waals surface area contributed by atoms with Crippen LogP contribution in [-0.2, 0) is 9.59 Å². The maximum absolute atomic E-state index is 15.2. The zero-order valence-corrected chi connectivity index (χ0v) is 17.8. The molecule has 30 heavy (non-hydrogen) atoms. The largest absolute Gasteiger partial charge is 0.328 e. The van der Waals surface area contributed by atoms with Crippen LogP contribution in [0.25, 0.3) is 0 Å². The highest BCUT2D eigenvalue weighted by Gasteiger charge is 2.55. The fourth-order valence-corrected chi connectivity index (χ4v) is 5.80. The number of benzene rings is 2.